The van der Waals surface area contributed by atoms with E-state index in [2.05, 4.69) is 0 Å². The summed E-state index contributed by atoms with van der Waals surface area (Å²) in [6, 6.07) is -3.93. The Morgan fingerprint density at radius 2 is 1.89 bits per heavy atom. The predicted molar refractivity (Wildman–Crippen MR) is 56.6 cm³/mol. The lowest BCUT2D eigenvalue weighted by Crippen LogP contribution is -2.56. The average Bonchev–Trinajstić information content (AvgIpc) is 2.59. The Balaban J connectivity index is 3.06. The highest BCUT2D eigenvalue weighted by atomic mass is 16.3. The second-order valence-corrected chi connectivity index (χ2v) is 3.61. The van der Waals surface area contributed by atoms with E-state index in [0.717, 1.165) is 0 Å². The Hall–Kier alpha value is -1.95. The van der Waals surface area contributed by atoms with Crippen LogP contribution in [0.15, 0.2) is 0 Å². The number of carbonyl (C=O) groups excluding carboxylic acids is 3. The summed E-state index contributed by atoms with van der Waals surface area (Å²) in [7, 11) is 0. The normalized spacial score (nSPS) is 20.9. The van der Waals surface area contributed by atoms with E-state index in [1.165, 1.54) is 0 Å². The van der Waals surface area contributed by atoms with E-state index < -0.39 is 50.4 Å². The molecule has 0 aromatic rings. The van der Waals surface area contributed by atoms with Gasteiger partial charge in [-0.3, -0.25) is 14.6 Å². The van der Waals surface area contributed by atoms with Gasteiger partial charge in [0.25, 0.3) is 5.91 Å². The second kappa shape index (κ2) is 5.79. The number of urea groups is 2. The molecule has 0 aliphatic carbocycles. The van der Waals surface area contributed by atoms with Crippen molar-refractivity contribution in [3.8, 4) is 0 Å². The number of amides is 5. The van der Waals surface area contributed by atoms with Gasteiger partial charge in [0.1, 0.15) is 20.2 Å². The minimum absolute atomic E-state index is 0.319. The van der Waals surface area contributed by atoms with Crippen LogP contribution in [-0.4, -0.2) is 85.6 Å². The van der Waals surface area contributed by atoms with Crippen LogP contribution in [0.4, 0.5) is 9.59 Å². The highest BCUT2D eigenvalue weighted by molar-refractivity contribution is 6.04. The number of imide groups is 1. The summed E-state index contributed by atoms with van der Waals surface area (Å²) < 4.78 is 0. The number of rotatable bonds is 5. The number of carbonyl (C=O) groups is 3. The van der Waals surface area contributed by atoms with Crippen molar-refractivity contribution in [1.29, 1.82) is 0 Å². The number of aliphatic hydroxyl groups excluding tert-OH is 4. The molecule has 11 heteroatoms. The highest BCUT2D eigenvalue weighted by Crippen LogP contribution is 2.20. The summed E-state index contributed by atoms with van der Waals surface area (Å²) in [5.41, 5.74) is 4.88. The van der Waals surface area contributed by atoms with Gasteiger partial charge < -0.3 is 26.2 Å². The Bertz CT molecular complexity index is 389. The highest BCUT2D eigenvalue weighted by Gasteiger charge is 2.50. The summed E-state index contributed by atoms with van der Waals surface area (Å²) in [6.07, 6.45) is -1.96. The number of aliphatic hydroxyl groups is 4. The van der Waals surface area contributed by atoms with Crippen molar-refractivity contribution in [3.05, 3.63) is 0 Å². The zero-order valence-corrected chi connectivity index (χ0v) is 9.71. The molecule has 11 nitrogen and oxygen atoms in total. The molecular weight excluding hydrogens is 264 g/mol. The van der Waals surface area contributed by atoms with Crippen LogP contribution >= 0.6 is 0 Å². The molecule has 6 N–H and O–H groups in total. The first-order valence-electron chi connectivity index (χ1n) is 5.09. The lowest BCUT2D eigenvalue weighted by Gasteiger charge is -2.30. The van der Waals surface area contributed by atoms with E-state index in [1.54, 1.807) is 0 Å². The van der Waals surface area contributed by atoms with Gasteiger partial charge in [0.05, 0.1) is 0 Å². The lowest BCUT2D eigenvalue weighted by molar-refractivity contribution is -0.139. The summed E-state index contributed by atoms with van der Waals surface area (Å²) in [4.78, 5) is 35.5. The Kier molecular flexibility index (Phi) is 4.61. The third-order valence-corrected chi connectivity index (χ3v) is 2.66. The molecule has 1 aliphatic heterocycles. The fraction of sp³-hybridized carbons (Fsp3) is 0.625. The summed E-state index contributed by atoms with van der Waals surface area (Å²) in [5, 5.41) is 36.6. The fourth-order valence-corrected chi connectivity index (χ4v) is 1.68. The van der Waals surface area contributed by atoms with Crippen molar-refractivity contribution in [1.82, 2.24) is 14.7 Å². The number of nitrogens with zero attached hydrogens (tertiary/aromatic N) is 3. The van der Waals surface area contributed by atoms with E-state index in [-0.39, 0.29) is 0 Å². The summed E-state index contributed by atoms with van der Waals surface area (Å²) in [5.74, 6) is -1.03. The van der Waals surface area contributed by atoms with Gasteiger partial charge in [0.2, 0.25) is 0 Å². The van der Waals surface area contributed by atoms with Gasteiger partial charge in [0.15, 0.2) is 12.3 Å². The molecule has 1 aliphatic rings. The van der Waals surface area contributed by atoms with E-state index in [1.807, 2.05) is 0 Å². The zero-order chi connectivity index (χ0) is 14.7. The number of primary amides is 1. The quantitative estimate of drug-likeness (QED) is 0.253. The molecular formula is C8H14N4O7. The second-order valence-electron chi connectivity index (χ2n) is 3.61. The van der Waals surface area contributed by atoms with Crippen molar-refractivity contribution in [3.63, 3.8) is 0 Å². The molecule has 0 aromatic heterocycles. The Morgan fingerprint density at radius 1 is 1.32 bits per heavy atom. The van der Waals surface area contributed by atoms with Crippen molar-refractivity contribution in [2.45, 2.75) is 12.3 Å². The molecule has 1 fully saturated rings. The van der Waals surface area contributed by atoms with Gasteiger partial charge in [-0.1, -0.05) is 0 Å². The molecule has 0 spiro atoms. The predicted octanol–water partition coefficient (Wildman–Crippen LogP) is -3.83. The van der Waals surface area contributed by atoms with E-state index in [9.17, 15) is 19.5 Å². The fourth-order valence-electron chi connectivity index (χ4n) is 1.68. The molecule has 19 heavy (non-hydrogen) atoms. The van der Waals surface area contributed by atoms with Gasteiger partial charge in [-0.15, -0.1) is 0 Å². The lowest BCUT2D eigenvalue weighted by atomic mass is 10.2. The maximum absolute atomic E-state index is 11.8. The largest absolute Gasteiger partial charge is 0.376 e. The van der Waals surface area contributed by atoms with Crippen LogP contribution in [0.2, 0.25) is 0 Å². The number of nitrogens with two attached hydrogens (primary N) is 1. The molecule has 108 valence electrons. The van der Waals surface area contributed by atoms with Crippen LogP contribution in [-0.2, 0) is 4.79 Å². The Labute approximate surface area is 107 Å². The van der Waals surface area contributed by atoms with Crippen LogP contribution in [0.3, 0.4) is 0 Å². The molecule has 0 aromatic carbocycles. The zero-order valence-electron chi connectivity index (χ0n) is 9.71. The minimum atomic E-state index is -1.96. The van der Waals surface area contributed by atoms with E-state index in [4.69, 9.17) is 21.1 Å². The SMILES string of the molecule is NC(=O)N(CO)C(O)C1C(=O)N(CO)C(=O)N1CO. The molecule has 2 unspecified atom stereocenters. The van der Waals surface area contributed by atoms with Crippen LogP contribution in [0.1, 0.15) is 0 Å². The van der Waals surface area contributed by atoms with E-state index >= 15 is 0 Å². The maximum atomic E-state index is 11.8. The molecule has 0 bridgehead atoms. The van der Waals surface area contributed by atoms with Gasteiger partial charge in [-0.05, 0) is 0 Å². The minimum Gasteiger partial charge on any atom is -0.376 e. The number of hydrogen-bond acceptors (Lipinski definition) is 7. The Morgan fingerprint density at radius 3 is 2.26 bits per heavy atom. The van der Waals surface area contributed by atoms with E-state index in [0.29, 0.717) is 14.7 Å². The smallest absolute Gasteiger partial charge is 0.331 e. The first kappa shape index (κ1) is 15.1. The van der Waals surface area contributed by atoms with Gasteiger partial charge in [-0.25, -0.2) is 14.5 Å². The first-order valence-corrected chi connectivity index (χ1v) is 5.09. The van der Waals surface area contributed by atoms with Crippen LogP contribution in [0.25, 0.3) is 0 Å². The van der Waals surface area contributed by atoms with Gasteiger partial charge >= 0.3 is 12.1 Å². The topological polar surface area (TPSA) is 168 Å². The molecule has 5 amide bonds. The molecule has 1 heterocycles. The molecule has 0 radical (unpaired) electrons. The van der Waals surface area contributed by atoms with Crippen LogP contribution < -0.4 is 5.73 Å². The maximum Gasteiger partial charge on any atom is 0.331 e. The standard InChI is InChI=1S/C8H14N4O7/c9-7(18)11(2-14)5(16)4-6(17)12(3-15)8(19)10(4)1-13/h4-5,13-16H,1-3H2,(H2,9,18). The van der Waals surface area contributed by atoms with Crippen molar-refractivity contribution in [2.75, 3.05) is 20.2 Å². The third kappa shape index (κ3) is 2.44. The van der Waals surface area contributed by atoms with Crippen molar-refractivity contribution in [2.24, 2.45) is 5.73 Å². The molecule has 1 saturated heterocycles. The van der Waals surface area contributed by atoms with Crippen molar-refractivity contribution < 1.29 is 34.8 Å². The summed E-state index contributed by atoms with van der Waals surface area (Å²) >= 11 is 0. The monoisotopic (exact) mass is 278 g/mol. The van der Waals surface area contributed by atoms with Crippen LogP contribution in [0.5, 0.6) is 0 Å². The van der Waals surface area contributed by atoms with Gasteiger partial charge in [0, 0.05) is 0 Å². The van der Waals surface area contributed by atoms with Gasteiger partial charge in [-0.2, -0.15) is 0 Å². The molecule has 1 rings (SSSR count). The third-order valence-electron chi connectivity index (χ3n) is 2.66. The first-order chi connectivity index (χ1) is 8.90. The average molecular weight is 278 g/mol. The molecule has 2 atom stereocenters. The van der Waals surface area contributed by atoms with Crippen LogP contribution in [0, 0.1) is 0 Å². The number of hydrogen-bond donors (Lipinski definition) is 5. The van der Waals surface area contributed by atoms with Crippen molar-refractivity contribution >= 4 is 18.0 Å². The molecule has 0 saturated carbocycles. The summed E-state index contributed by atoms with van der Waals surface area (Å²) in [6.45, 7) is -2.87.